The number of rotatable bonds is 7. The number of fused-ring (bicyclic) bond motifs is 1. The summed E-state index contributed by atoms with van der Waals surface area (Å²) >= 11 is 0. The lowest BCUT2D eigenvalue weighted by atomic mass is 9.93. The molecule has 1 amide bonds. The highest BCUT2D eigenvalue weighted by atomic mass is 19.1. The van der Waals surface area contributed by atoms with Gasteiger partial charge in [-0.25, -0.2) is 9.37 Å². The Hall–Kier alpha value is -3.46. The molecule has 0 spiro atoms. The number of aromatic nitrogens is 2. The molecule has 2 N–H and O–H groups in total. The van der Waals surface area contributed by atoms with Crippen LogP contribution in [0.25, 0.3) is 22.3 Å². The molecular weight excluding hydrogens is 497 g/mol. The molecule has 9 heteroatoms. The van der Waals surface area contributed by atoms with Crippen molar-refractivity contribution in [1.82, 2.24) is 20.2 Å². The van der Waals surface area contributed by atoms with Gasteiger partial charge in [-0.05, 0) is 61.6 Å². The monoisotopic (exact) mass is 537 g/mol. The lowest BCUT2D eigenvalue weighted by molar-refractivity contribution is -0.122. The number of nitrogens with zero attached hydrogens (tertiary/aromatic N) is 3. The van der Waals surface area contributed by atoms with Crippen LogP contribution in [-0.2, 0) is 11.3 Å². The maximum Gasteiger partial charge on any atom is 0.262 e. The van der Waals surface area contributed by atoms with Crippen LogP contribution >= 0.6 is 0 Å². The number of carbonyl (C=O) groups is 1. The summed E-state index contributed by atoms with van der Waals surface area (Å²) in [5.41, 5.74) is 1.64. The third-order valence-corrected chi connectivity index (χ3v) is 7.15. The van der Waals surface area contributed by atoms with Gasteiger partial charge in [0.25, 0.3) is 5.56 Å². The van der Waals surface area contributed by atoms with Gasteiger partial charge in [0.1, 0.15) is 12.4 Å². The highest BCUT2D eigenvalue weighted by Gasteiger charge is 2.30. The fraction of sp³-hybridized carbons (Fsp3) is 0.500. The molecule has 2 heterocycles. The molecule has 3 aromatic rings. The van der Waals surface area contributed by atoms with E-state index in [1.165, 1.54) is 29.9 Å². The quantitative estimate of drug-likeness (QED) is 0.470. The van der Waals surface area contributed by atoms with E-state index in [2.05, 4.69) is 43.2 Å². The fourth-order valence-electron chi connectivity index (χ4n) is 5.07. The average Bonchev–Trinajstić information content (AvgIpc) is 3.03. The summed E-state index contributed by atoms with van der Waals surface area (Å²) in [5.74, 6) is -0.0621. The zero-order valence-corrected chi connectivity index (χ0v) is 24.0. The molecule has 1 aromatic heterocycles. The van der Waals surface area contributed by atoms with Crippen molar-refractivity contribution in [3.05, 3.63) is 52.6 Å². The molecule has 1 atom stereocenters. The van der Waals surface area contributed by atoms with Gasteiger partial charge in [-0.2, -0.15) is 0 Å². The molecular formula is C30H40FN5O3. The van der Waals surface area contributed by atoms with Gasteiger partial charge >= 0.3 is 0 Å². The van der Waals surface area contributed by atoms with E-state index in [4.69, 9.17) is 9.72 Å². The molecule has 0 bridgehead atoms. The van der Waals surface area contributed by atoms with Crippen LogP contribution in [0.2, 0.25) is 0 Å². The number of anilines is 1. The van der Waals surface area contributed by atoms with Crippen molar-refractivity contribution in [1.29, 1.82) is 0 Å². The Balaban J connectivity index is 1.86. The van der Waals surface area contributed by atoms with E-state index in [-0.39, 0.29) is 41.0 Å². The van der Waals surface area contributed by atoms with Crippen molar-refractivity contribution in [2.45, 2.75) is 60.2 Å². The molecule has 1 aliphatic heterocycles. The second-order valence-electron chi connectivity index (χ2n) is 11.9. The average molecular weight is 538 g/mol. The maximum absolute atomic E-state index is 14.2. The molecule has 1 saturated heterocycles. The third kappa shape index (κ3) is 6.41. The van der Waals surface area contributed by atoms with Gasteiger partial charge in [0.15, 0.2) is 11.6 Å². The van der Waals surface area contributed by atoms with E-state index in [1.807, 2.05) is 32.0 Å². The molecule has 0 saturated carbocycles. The first-order chi connectivity index (χ1) is 18.4. The smallest absolute Gasteiger partial charge is 0.262 e. The van der Waals surface area contributed by atoms with E-state index in [9.17, 15) is 14.0 Å². The number of amides is 1. The lowest BCUT2D eigenvalue weighted by Crippen LogP contribution is -2.41. The Morgan fingerprint density at radius 3 is 2.62 bits per heavy atom. The fourth-order valence-corrected chi connectivity index (χ4v) is 5.07. The van der Waals surface area contributed by atoms with Crippen LogP contribution < -0.4 is 25.8 Å². The first-order valence-corrected chi connectivity index (χ1v) is 13.5. The second kappa shape index (κ2) is 11.3. The van der Waals surface area contributed by atoms with Crippen molar-refractivity contribution in [2.24, 2.45) is 11.3 Å². The molecule has 0 radical (unpaired) electrons. The second-order valence-corrected chi connectivity index (χ2v) is 11.9. The molecule has 2 aromatic carbocycles. The van der Waals surface area contributed by atoms with Crippen molar-refractivity contribution in [3.63, 3.8) is 0 Å². The van der Waals surface area contributed by atoms with Crippen LogP contribution in [0.5, 0.6) is 5.75 Å². The number of halogens is 1. The van der Waals surface area contributed by atoms with Crippen molar-refractivity contribution in [3.8, 4) is 17.1 Å². The number of ether oxygens (including phenoxy) is 1. The van der Waals surface area contributed by atoms with E-state index in [0.717, 1.165) is 25.3 Å². The first kappa shape index (κ1) is 28.5. The number of hydrogen-bond donors (Lipinski definition) is 2. The van der Waals surface area contributed by atoms with Crippen LogP contribution in [0.3, 0.4) is 0 Å². The summed E-state index contributed by atoms with van der Waals surface area (Å²) in [6, 6.07) is 10.3. The first-order valence-electron chi connectivity index (χ1n) is 13.5. The number of nitrogens with one attached hydrogen (secondary N) is 2. The van der Waals surface area contributed by atoms with Gasteiger partial charge in [-0.3, -0.25) is 14.2 Å². The number of methoxy groups -OCH3 is 1. The van der Waals surface area contributed by atoms with E-state index in [1.54, 1.807) is 0 Å². The van der Waals surface area contributed by atoms with Gasteiger partial charge in [0, 0.05) is 43.0 Å². The molecule has 39 heavy (non-hydrogen) atoms. The maximum atomic E-state index is 14.2. The summed E-state index contributed by atoms with van der Waals surface area (Å²) < 4.78 is 20.7. The Bertz CT molecular complexity index is 1420. The molecule has 4 rings (SSSR count). The Morgan fingerprint density at radius 2 is 1.95 bits per heavy atom. The van der Waals surface area contributed by atoms with Gasteiger partial charge < -0.3 is 20.3 Å². The van der Waals surface area contributed by atoms with Crippen LogP contribution in [0.15, 0.2) is 41.2 Å². The van der Waals surface area contributed by atoms with Gasteiger partial charge in [0.2, 0.25) is 5.91 Å². The summed E-state index contributed by atoms with van der Waals surface area (Å²) in [4.78, 5) is 33.9. The molecule has 0 aliphatic carbocycles. The minimum absolute atomic E-state index is 0.0347. The zero-order chi connectivity index (χ0) is 28.5. The van der Waals surface area contributed by atoms with Gasteiger partial charge in [-0.1, -0.05) is 27.7 Å². The van der Waals surface area contributed by atoms with E-state index >= 15 is 0 Å². The predicted molar refractivity (Wildman–Crippen MR) is 154 cm³/mol. The number of hydrogen-bond acceptors (Lipinski definition) is 6. The summed E-state index contributed by atoms with van der Waals surface area (Å²) in [5, 5.41) is 6.98. The molecule has 210 valence electrons. The minimum Gasteiger partial charge on any atom is -0.494 e. The van der Waals surface area contributed by atoms with Crippen molar-refractivity contribution >= 4 is 22.5 Å². The largest absolute Gasteiger partial charge is 0.494 e. The normalized spacial score (nSPS) is 17.5. The van der Waals surface area contributed by atoms with Gasteiger partial charge in [-0.15, -0.1) is 0 Å². The standard InChI is InChI=1S/C30H40FN5O3/c1-18(2)25-14-35(17-30(5,6)16-32-25)21-9-11-24-22(13-21)29(38)36(15-27(37)33-19(3)4)28(34-24)20-8-10-23(31)26(12-20)39-7/h8-13,18-19,25,32H,14-17H2,1-7H3,(H,33,37)/t25-/m1/s1. The highest BCUT2D eigenvalue weighted by molar-refractivity contribution is 5.85. The van der Waals surface area contributed by atoms with Crippen LogP contribution in [0.1, 0.15) is 41.5 Å². The summed E-state index contributed by atoms with van der Waals surface area (Å²) in [7, 11) is 1.38. The van der Waals surface area contributed by atoms with Gasteiger partial charge in [0.05, 0.1) is 18.0 Å². The van der Waals surface area contributed by atoms with Crippen molar-refractivity contribution in [2.75, 3.05) is 31.6 Å². The summed E-state index contributed by atoms with van der Waals surface area (Å²) in [6.07, 6.45) is 0. The Kier molecular flexibility index (Phi) is 8.30. The van der Waals surface area contributed by atoms with Crippen LogP contribution in [-0.4, -0.2) is 54.3 Å². The van der Waals surface area contributed by atoms with E-state index in [0.29, 0.717) is 28.4 Å². The molecule has 8 nitrogen and oxygen atoms in total. The Labute approximate surface area is 229 Å². The number of benzene rings is 2. The minimum atomic E-state index is -0.521. The van der Waals surface area contributed by atoms with Crippen LogP contribution in [0, 0.1) is 17.2 Å². The van der Waals surface area contributed by atoms with E-state index < -0.39 is 5.82 Å². The third-order valence-electron chi connectivity index (χ3n) is 7.15. The highest BCUT2D eigenvalue weighted by Crippen LogP contribution is 2.30. The SMILES string of the molecule is COc1cc(-c2nc3ccc(N4C[C@H](C(C)C)NCC(C)(C)C4)cc3c(=O)n2CC(=O)NC(C)C)ccc1F. The summed E-state index contributed by atoms with van der Waals surface area (Å²) in [6.45, 7) is 15.0. The molecule has 0 unspecified atom stereocenters. The Morgan fingerprint density at radius 1 is 1.21 bits per heavy atom. The lowest BCUT2D eigenvalue weighted by Gasteiger charge is -2.31. The van der Waals surface area contributed by atoms with Crippen molar-refractivity contribution < 1.29 is 13.9 Å². The predicted octanol–water partition coefficient (Wildman–Crippen LogP) is 4.20. The molecule has 1 aliphatic rings. The van der Waals surface area contributed by atoms with Crippen LogP contribution in [0.4, 0.5) is 10.1 Å². The zero-order valence-electron chi connectivity index (χ0n) is 24.0. The number of carbonyl (C=O) groups excluding carboxylic acids is 1. The topological polar surface area (TPSA) is 88.5 Å². The molecule has 1 fully saturated rings.